The Morgan fingerprint density at radius 2 is 1.70 bits per heavy atom. The summed E-state index contributed by atoms with van der Waals surface area (Å²) in [5.41, 5.74) is 1.75. The van der Waals surface area contributed by atoms with Crippen LogP contribution < -0.4 is 9.46 Å². The van der Waals surface area contributed by atoms with Crippen LogP contribution in [-0.2, 0) is 10.2 Å². The normalized spacial score (nSPS) is 32.4. The molecule has 5 saturated carbocycles. The lowest BCUT2D eigenvalue weighted by Gasteiger charge is -2.56. The number of carbonyl (C=O) groups excluding carboxylic acids is 1. The number of amides is 1. The maximum Gasteiger partial charge on any atom is 0.303 e. The summed E-state index contributed by atoms with van der Waals surface area (Å²) < 4.78 is 33.5. The van der Waals surface area contributed by atoms with Crippen molar-refractivity contribution in [3.8, 4) is 5.75 Å². The van der Waals surface area contributed by atoms with Crippen molar-refractivity contribution in [3.63, 3.8) is 0 Å². The van der Waals surface area contributed by atoms with Gasteiger partial charge in [0.15, 0.2) is 0 Å². The van der Waals surface area contributed by atoms with Gasteiger partial charge in [-0.05, 0) is 98.8 Å². The van der Waals surface area contributed by atoms with Crippen LogP contribution >= 0.6 is 0 Å². The van der Waals surface area contributed by atoms with E-state index in [0.717, 1.165) is 52.8 Å². The number of hydrogen-bond donors (Lipinski definition) is 1. The molecule has 0 unspecified atom stereocenters. The van der Waals surface area contributed by atoms with Crippen LogP contribution in [0.3, 0.4) is 0 Å². The highest BCUT2D eigenvalue weighted by Crippen LogP contribution is 2.60. The second kappa shape index (κ2) is 7.23. The highest BCUT2D eigenvalue weighted by molar-refractivity contribution is 7.87. The Labute approximate surface area is 179 Å². The molecule has 4 bridgehead atoms. The third-order valence-corrected chi connectivity index (χ3v) is 9.10. The number of nitrogens with one attached hydrogen (secondary N) is 1. The first-order valence-electron chi connectivity index (χ1n) is 11.2. The zero-order valence-corrected chi connectivity index (χ0v) is 18.7. The predicted molar refractivity (Wildman–Crippen MR) is 115 cm³/mol. The SMILES string of the molecule is CN(C)S(=O)(=O)NC(=O)c1ccc(OCC23CC4CC(CC(C4)C2)C3)c(C2CC2)c1. The van der Waals surface area contributed by atoms with Gasteiger partial charge in [0.05, 0.1) is 6.61 Å². The van der Waals surface area contributed by atoms with E-state index >= 15 is 0 Å². The van der Waals surface area contributed by atoms with Gasteiger partial charge in [-0.3, -0.25) is 4.79 Å². The number of benzene rings is 1. The third kappa shape index (κ3) is 3.86. The summed E-state index contributed by atoms with van der Waals surface area (Å²) in [6, 6.07) is 5.37. The Morgan fingerprint density at radius 3 is 2.23 bits per heavy atom. The molecule has 7 heteroatoms. The van der Waals surface area contributed by atoms with Crippen molar-refractivity contribution in [2.45, 2.75) is 57.3 Å². The van der Waals surface area contributed by atoms with Crippen molar-refractivity contribution in [1.29, 1.82) is 0 Å². The largest absolute Gasteiger partial charge is 0.493 e. The summed E-state index contributed by atoms with van der Waals surface area (Å²) >= 11 is 0. The first kappa shape index (κ1) is 20.3. The maximum absolute atomic E-state index is 12.5. The van der Waals surface area contributed by atoms with E-state index in [1.165, 1.54) is 52.6 Å². The van der Waals surface area contributed by atoms with Crippen LogP contribution in [-0.4, -0.2) is 39.3 Å². The fraction of sp³-hybridized carbons (Fsp3) is 0.696. The monoisotopic (exact) mass is 432 g/mol. The molecule has 5 aliphatic carbocycles. The van der Waals surface area contributed by atoms with Crippen molar-refractivity contribution in [2.75, 3.05) is 20.7 Å². The van der Waals surface area contributed by atoms with E-state index < -0.39 is 16.1 Å². The average Bonchev–Trinajstić information content (AvgIpc) is 3.50. The molecule has 0 aliphatic heterocycles. The molecule has 1 aromatic carbocycles. The van der Waals surface area contributed by atoms with Crippen molar-refractivity contribution in [3.05, 3.63) is 29.3 Å². The van der Waals surface area contributed by atoms with Crippen molar-refractivity contribution in [2.24, 2.45) is 23.2 Å². The molecule has 1 amide bonds. The highest BCUT2D eigenvalue weighted by Gasteiger charge is 2.51. The first-order valence-corrected chi connectivity index (χ1v) is 12.7. The molecule has 6 nitrogen and oxygen atoms in total. The predicted octanol–water partition coefficient (Wildman–Crippen LogP) is 3.70. The van der Waals surface area contributed by atoms with Gasteiger partial charge in [0.1, 0.15) is 5.75 Å². The quantitative estimate of drug-likeness (QED) is 0.713. The number of ether oxygens (including phenoxy) is 1. The molecule has 0 aromatic heterocycles. The first-order chi connectivity index (χ1) is 14.2. The topological polar surface area (TPSA) is 75.7 Å². The number of rotatable bonds is 7. The summed E-state index contributed by atoms with van der Waals surface area (Å²) in [4.78, 5) is 12.5. The average molecular weight is 433 g/mol. The van der Waals surface area contributed by atoms with Gasteiger partial charge in [-0.25, -0.2) is 4.72 Å². The molecule has 0 spiro atoms. The van der Waals surface area contributed by atoms with Gasteiger partial charge in [-0.1, -0.05) is 0 Å². The zero-order valence-electron chi connectivity index (χ0n) is 17.9. The minimum absolute atomic E-state index is 0.339. The van der Waals surface area contributed by atoms with Crippen LogP contribution in [0.15, 0.2) is 18.2 Å². The van der Waals surface area contributed by atoms with Gasteiger partial charge in [-0.15, -0.1) is 0 Å². The molecule has 0 atom stereocenters. The van der Waals surface area contributed by atoms with Gasteiger partial charge in [0, 0.05) is 25.1 Å². The lowest BCUT2D eigenvalue weighted by atomic mass is 9.50. The van der Waals surface area contributed by atoms with Crippen molar-refractivity contribution < 1.29 is 17.9 Å². The van der Waals surface area contributed by atoms with Gasteiger partial charge < -0.3 is 4.74 Å². The van der Waals surface area contributed by atoms with Crippen molar-refractivity contribution in [1.82, 2.24) is 9.03 Å². The third-order valence-electron chi connectivity index (χ3n) is 7.69. The standard InChI is InChI=1S/C23H32N2O4S/c1-25(2)30(27,28)24-22(26)19-5-6-21(20(10-19)18-3-4-18)29-14-23-11-15-7-16(12-23)9-17(8-15)13-23/h5-6,10,15-18H,3-4,7-9,11-14H2,1-2H3,(H,24,26). The Balaban J connectivity index is 1.32. The fourth-order valence-electron chi connectivity index (χ4n) is 6.50. The van der Waals surface area contributed by atoms with E-state index in [1.54, 1.807) is 6.07 Å². The Bertz CT molecular complexity index is 917. The smallest absolute Gasteiger partial charge is 0.303 e. The lowest BCUT2D eigenvalue weighted by molar-refractivity contribution is -0.0746. The molecule has 0 saturated heterocycles. The van der Waals surface area contributed by atoms with Gasteiger partial charge in [0.2, 0.25) is 0 Å². The Kier molecular flexibility index (Phi) is 4.89. The summed E-state index contributed by atoms with van der Waals surface area (Å²) in [6.07, 6.45) is 10.4. The molecule has 1 aromatic rings. The van der Waals surface area contributed by atoms with Gasteiger partial charge in [0.25, 0.3) is 5.91 Å². The second-order valence-corrected chi connectivity index (χ2v) is 12.3. The van der Waals surface area contributed by atoms with E-state index in [-0.39, 0.29) is 0 Å². The minimum atomic E-state index is -3.81. The van der Waals surface area contributed by atoms with Crippen LogP contribution in [0, 0.1) is 23.2 Å². The molecule has 164 valence electrons. The van der Waals surface area contributed by atoms with Crippen molar-refractivity contribution >= 4 is 16.1 Å². The highest BCUT2D eigenvalue weighted by atomic mass is 32.2. The van der Waals surface area contributed by atoms with E-state index in [4.69, 9.17) is 4.74 Å². The summed E-state index contributed by atoms with van der Waals surface area (Å²) in [6.45, 7) is 0.775. The van der Waals surface area contributed by atoms with E-state index in [2.05, 4.69) is 4.72 Å². The van der Waals surface area contributed by atoms with Gasteiger partial charge in [-0.2, -0.15) is 12.7 Å². The van der Waals surface area contributed by atoms with E-state index in [9.17, 15) is 13.2 Å². The number of hydrogen-bond acceptors (Lipinski definition) is 4. The lowest BCUT2D eigenvalue weighted by Crippen LogP contribution is -2.48. The van der Waals surface area contributed by atoms with Crippen LogP contribution in [0.25, 0.3) is 0 Å². The zero-order chi connectivity index (χ0) is 21.1. The van der Waals surface area contributed by atoms with Crippen LogP contribution in [0.4, 0.5) is 0 Å². The maximum atomic E-state index is 12.5. The molecule has 30 heavy (non-hydrogen) atoms. The molecular formula is C23H32N2O4S. The second-order valence-electron chi connectivity index (χ2n) is 10.5. The Hall–Kier alpha value is -1.60. The Morgan fingerprint density at radius 1 is 1.10 bits per heavy atom. The van der Waals surface area contributed by atoms with Gasteiger partial charge >= 0.3 is 10.2 Å². The molecule has 0 radical (unpaired) electrons. The molecule has 5 fully saturated rings. The van der Waals surface area contributed by atoms with Crippen LogP contribution in [0.1, 0.15) is 73.2 Å². The molecule has 1 N–H and O–H groups in total. The number of carbonyl (C=O) groups is 1. The molecule has 5 aliphatic rings. The van der Waals surface area contributed by atoms with E-state index in [0.29, 0.717) is 16.9 Å². The summed E-state index contributed by atoms with van der Waals surface area (Å²) in [7, 11) is -1.02. The summed E-state index contributed by atoms with van der Waals surface area (Å²) in [5.74, 6) is 3.38. The molecule has 6 rings (SSSR count). The molecule has 0 heterocycles. The summed E-state index contributed by atoms with van der Waals surface area (Å²) in [5, 5.41) is 0. The number of nitrogens with zero attached hydrogens (tertiary/aromatic N) is 1. The van der Waals surface area contributed by atoms with Crippen LogP contribution in [0.5, 0.6) is 5.75 Å². The van der Waals surface area contributed by atoms with E-state index in [1.807, 2.05) is 12.1 Å². The minimum Gasteiger partial charge on any atom is -0.493 e. The molecular weight excluding hydrogens is 400 g/mol. The van der Waals surface area contributed by atoms with Crippen LogP contribution in [0.2, 0.25) is 0 Å². The fourth-order valence-corrected chi connectivity index (χ4v) is 7.03.